The lowest BCUT2D eigenvalue weighted by Crippen LogP contribution is -2.29. The topological polar surface area (TPSA) is 96.3 Å². The van der Waals surface area contributed by atoms with Crippen molar-refractivity contribution in [2.75, 3.05) is 19.1 Å². The number of rotatable bonds is 5. The predicted octanol–water partition coefficient (Wildman–Crippen LogP) is 4.69. The van der Waals surface area contributed by atoms with E-state index in [0.29, 0.717) is 16.3 Å². The number of carbonyl (C=O) groups is 2. The molecule has 3 aromatic carbocycles. The van der Waals surface area contributed by atoms with E-state index in [9.17, 15) is 19.8 Å². The SMILES string of the molecule is COc1cccc(OC)c1/C(O)=C1\C(=O)C(=O)N(c2ccc(Cl)cc2)C1c1ccc(O)cc1. The molecular formula is C25H20ClNO6. The van der Waals surface area contributed by atoms with Crippen LogP contribution in [-0.2, 0) is 9.59 Å². The van der Waals surface area contributed by atoms with Crippen LogP contribution in [-0.4, -0.2) is 36.1 Å². The molecule has 1 heterocycles. The summed E-state index contributed by atoms with van der Waals surface area (Å²) in [5.74, 6) is -1.55. The van der Waals surface area contributed by atoms with Gasteiger partial charge < -0.3 is 19.7 Å². The number of aliphatic hydroxyl groups excluding tert-OH is 1. The summed E-state index contributed by atoms with van der Waals surface area (Å²) in [6, 6.07) is 16.4. The van der Waals surface area contributed by atoms with Gasteiger partial charge in [0.25, 0.3) is 11.7 Å². The number of nitrogens with zero attached hydrogens (tertiary/aromatic N) is 1. The van der Waals surface area contributed by atoms with Crippen LogP contribution >= 0.6 is 11.6 Å². The Labute approximate surface area is 195 Å². The van der Waals surface area contributed by atoms with Crippen molar-refractivity contribution in [2.45, 2.75) is 6.04 Å². The van der Waals surface area contributed by atoms with Crippen LogP contribution in [0.5, 0.6) is 17.2 Å². The molecule has 0 aromatic heterocycles. The van der Waals surface area contributed by atoms with Gasteiger partial charge in [-0.15, -0.1) is 0 Å². The van der Waals surface area contributed by atoms with E-state index in [2.05, 4.69) is 0 Å². The van der Waals surface area contributed by atoms with Crippen molar-refractivity contribution in [1.82, 2.24) is 0 Å². The molecule has 1 amide bonds. The molecule has 33 heavy (non-hydrogen) atoms. The lowest BCUT2D eigenvalue weighted by atomic mass is 9.94. The minimum atomic E-state index is -0.971. The molecule has 2 N–H and O–H groups in total. The molecule has 8 heteroatoms. The maximum absolute atomic E-state index is 13.3. The van der Waals surface area contributed by atoms with Crippen LogP contribution in [0.1, 0.15) is 17.2 Å². The van der Waals surface area contributed by atoms with Gasteiger partial charge in [0.05, 0.1) is 25.8 Å². The van der Waals surface area contributed by atoms with Crippen LogP contribution in [0.4, 0.5) is 5.69 Å². The third kappa shape index (κ3) is 3.87. The van der Waals surface area contributed by atoms with Gasteiger partial charge in [-0.05, 0) is 54.1 Å². The fourth-order valence-corrected chi connectivity index (χ4v) is 4.02. The summed E-state index contributed by atoms with van der Waals surface area (Å²) < 4.78 is 10.8. The van der Waals surface area contributed by atoms with E-state index in [4.69, 9.17) is 21.1 Å². The molecule has 4 rings (SSSR count). The number of anilines is 1. The smallest absolute Gasteiger partial charge is 0.300 e. The zero-order valence-corrected chi connectivity index (χ0v) is 18.5. The number of aliphatic hydroxyl groups is 1. The van der Waals surface area contributed by atoms with Crippen LogP contribution < -0.4 is 14.4 Å². The molecule has 1 saturated heterocycles. The van der Waals surface area contributed by atoms with Crippen molar-refractivity contribution in [3.8, 4) is 17.2 Å². The molecule has 3 aromatic rings. The second-order valence-electron chi connectivity index (χ2n) is 7.27. The minimum absolute atomic E-state index is 0.0218. The number of amides is 1. The number of carbonyl (C=O) groups excluding carboxylic acids is 2. The Bertz CT molecular complexity index is 1230. The Kier molecular flexibility index (Phi) is 5.98. The Balaban J connectivity index is 2.00. The zero-order chi connectivity index (χ0) is 23.7. The standard InChI is InChI=1S/C25H20ClNO6/c1-32-18-4-3-5-19(33-2)20(18)23(29)21-22(14-6-12-17(28)13-7-14)27(25(31)24(21)30)16-10-8-15(26)9-11-16/h3-13,22,28-29H,1-2H3/b23-21+. The molecule has 0 saturated carbocycles. The summed E-state index contributed by atoms with van der Waals surface area (Å²) >= 11 is 6.00. The number of ketones is 1. The van der Waals surface area contributed by atoms with Gasteiger partial charge in [0.1, 0.15) is 28.6 Å². The number of aromatic hydroxyl groups is 1. The maximum Gasteiger partial charge on any atom is 0.300 e. The van der Waals surface area contributed by atoms with E-state index in [1.54, 1.807) is 54.6 Å². The highest BCUT2D eigenvalue weighted by molar-refractivity contribution is 6.51. The highest BCUT2D eigenvalue weighted by Crippen LogP contribution is 2.45. The second kappa shape index (κ2) is 8.88. The summed E-state index contributed by atoms with van der Waals surface area (Å²) in [6.07, 6.45) is 0. The fraction of sp³-hybridized carbons (Fsp3) is 0.120. The number of hydrogen-bond donors (Lipinski definition) is 2. The van der Waals surface area contributed by atoms with Crippen molar-refractivity contribution in [3.05, 3.63) is 88.5 Å². The quantitative estimate of drug-likeness (QED) is 0.322. The predicted molar refractivity (Wildman–Crippen MR) is 124 cm³/mol. The third-order valence-electron chi connectivity index (χ3n) is 5.42. The van der Waals surface area contributed by atoms with Crippen LogP contribution in [0.25, 0.3) is 5.76 Å². The molecule has 1 aliphatic heterocycles. The van der Waals surface area contributed by atoms with Gasteiger partial charge in [0, 0.05) is 10.7 Å². The van der Waals surface area contributed by atoms with Gasteiger partial charge >= 0.3 is 0 Å². The first kappa shape index (κ1) is 22.2. The highest BCUT2D eigenvalue weighted by Gasteiger charge is 2.47. The summed E-state index contributed by atoms with van der Waals surface area (Å²) in [5.41, 5.74) is 0.951. The van der Waals surface area contributed by atoms with Gasteiger partial charge in [-0.25, -0.2) is 0 Å². The molecule has 1 aliphatic rings. The first-order chi connectivity index (χ1) is 15.9. The normalized spacial score (nSPS) is 17.3. The number of Topliss-reactive ketones (excluding diaryl/α,β-unsaturated/α-hetero) is 1. The van der Waals surface area contributed by atoms with Crippen LogP contribution in [0.15, 0.2) is 72.3 Å². The number of phenols is 1. The van der Waals surface area contributed by atoms with E-state index < -0.39 is 23.5 Å². The minimum Gasteiger partial charge on any atom is -0.508 e. The number of hydrogen-bond acceptors (Lipinski definition) is 6. The second-order valence-corrected chi connectivity index (χ2v) is 7.71. The Morgan fingerprint density at radius 1 is 0.909 bits per heavy atom. The number of methoxy groups -OCH3 is 2. The van der Waals surface area contributed by atoms with Crippen LogP contribution in [0.2, 0.25) is 5.02 Å². The average molecular weight is 466 g/mol. The lowest BCUT2D eigenvalue weighted by molar-refractivity contribution is -0.132. The molecule has 0 aliphatic carbocycles. The molecule has 0 spiro atoms. The highest BCUT2D eigenvalue weighted by atomic mass is 35.5. The summed E-state index contributed by atoms with van der Waals surface area (Å²) in [7, 11) is 2.85. The summed E-state index contributed by atoms with van der Waals surface area (Å²) in [4.78, 5) is 27.7. The molecule has 0 bridgehead atoms. The number of halogens is 1. The van der Waals surface area contributed by atoms with Crippen molar-refractivity contribution in [2.24, 2.45) is 0 Å². The number of benzene rings is 3. The molecule has 1 fully saturated rings. The van der Waals surface area contributed by atoms with Crippen molar-refractivity contribution in [3.63, 3.8) is 0 Å². The van der Waals surface area contributed by atoms with E-state index in [1.807, 2.05) is 0 Å². The van der Waals surface area contributed by atoms with Gasteiger partial charge in [-0.3, -0.25) is 14.5 Å². The lowest BCUT2D eigenvalue weighted by Gasteiger charge is -2.25. The fourth-order valence-electron chi connectivity index (χ4n) is 3.89. The molecular weight excluding hydrogens is 446 g/mol. The van der Waals surface area contributed by atoms with Crippen molar-refractivity contribution in [1.29, 1.82) is 0 Å². The third-order valence-corrected chi connectivity index (χ3v) is 5.67. The monoisotopic (exact) mass is 465 g/mol. The van der Waals surface area contributed by atoms with E-state index >= 15 is 0 Å². The first-order valence-electron chi connectivity index (χ1n) is 9.94. The van der Waals surface area contributed by atoms with Gasteiger partial charge in [0.15, 0.2) is 0 Å². The van der Waals surface area contributed by atoms with Crippen LogP contribution in [0, 0.1) is 0 Å². The van der Waals surface area contributed by atoms with E-state index in [-0.39, 0.29) is 28.4 Å². The Morgan fingerprint density at radius 3 is 2.03 bits per heavy atom. The van der Waals surface area contributed by atoms with Gasteiger partial charge in [-0.2, -0.15) is 0 Å². The maximum atomic E-state index is 13.3. The zero-order valence-electron chi connectivity index (χ0n) is 17.8. The molecule has 1 unspecified atom stereocenters. The number of ether oxygens (including phenoxy) is 2. The van der Waals surface area contributed by atoms with E-state index in [0.717, 1.165) is 0 Å². The molecule has 168 valence electrons. The number of phenolic OH excluding ortho intramolecular Hbond substituents is 1. The van der Waals surface area contributed by atoms with E-state index in [1.165, 1.54) is 31.3 Å². The molecule has 0 radical (unpaired) electrons. The molecule has 7 nitrogen and oxygen atoms in total. The Morgan fingerprint density at radius 2 is 1.48 bits per heavy atom. The Hall–Kier alpha value is -3.97. The van der Waals surface area contributed by atoms with Gasteiger partial charge in [0.2, 0.25) is 0 Å². The first-order valence-corrected chi connectivity index (χ1v) is 10.3. The van der Waals surface area contributed by atoms with Crippen molar-refractivity contribution >= 4 is 34.7 Å². The average Bonchev–Trinajstić information content (AvgIpc) is 3.09. The van der Waals surface area contributed by atoms with Gasteiger partial charge in [-0.1, -0.05) is 29.8 Å². The largest absolute Gasteiger partial charge is 0.508 e. The summed E-state index contributed by atoms with van der Waals surface area (Å²) in [6.45, 7) is 0. The summed E-state index contributed by atoms with van der Waals surface area (Å²) in [5, 5.41) is 21.6. The molecule has 1 atom stereocenters. The van der Waals surface area contributed by atoms with Crippen LogP contribution in [0.3, 0.4) is 0 Å². The van der Waals surface area contributed by atoms with Crippen molar-refractivity contribution < 1.29 is 29.3 Å².